The smallest absolute Gasteiger partial charge is 0.372 e. The van der Waals surface area contributed by atoms with E-state index in [1.54, 1.807) is 0 Å². The molecular weight excluding hydrogens is 246 g/mol. The number of hydrogen-bond donors (Lipinski definition) is 3. The molecular formula is C10H15NO7. The van der Waals surface area contributed by atoms with Crippen LogP contribution in [0.3, 0.4) is 0 Å². The van der Waals surface area contributed by atoms with E-state index in [9.17, 15) is 19.2 Å². The summed E-state index contributed by atoms with van der Waals surface area (Å²) in [5.74, 6) is -4.83. The Morgan fingerprint density at radius 3 is 2.17 bits per heavy atom. The summed E-state index contributed by atoms with van der Waals surface area (Å²) in [7, 11) is 0. The number of hydrogen-bond acceptors (Lipinski definition) is 6. The highest BCUT2D eigenvalue weighted by Gasteiger charge is 2.24. The van der Waals surface area contributed by atoms with Gasteiger partial charge in [-0.25, -0.2) is 9.59 Å². The fourth-order valence-corrected chi connectivity index (χ4v) is 1.04. The Kier molecular flexibility index (Phi) is 6.58. The Labute approximate surface area is 103 Å². The minimum Gasteiger partial charge on any atom is -0.479 e. The van der Waals surface area contributed by atoms with E-state index in [1.165, 1.54) is 6.92 Å². The highest BCUT2D eigenvalue weighted by molar-refractivity contribution is 6.32. The van der Waals surface area contributed by atoms with E-state index in [1.807, 2.05) is 0 Å². The van der Waals surface area contributed by atoms with Gasteiger partial charge in [0.25, 0.3) is 0 Å². The van der Waals surface area contributed by atoms with E-state index in [0.29, 0.717) is 0 Å². The Balaban J connectivity index is 4.22. The predicted molar refractivity (Wildman–Crippen MR) is 57.7 cm³/mol. The third-order valence-corrected chi connectivity index (χ3v) is 2.01. The number of ether oxygens (including phenoxy) is 1. The third-order valence-electron chi connectivity index (χ3n) is 2.01. The van der Waals surface area contributed by atoms with Crippen LogP contribution in [0.15, 0.2) is 0 Å². The summed E-state index contributed by atoms with van der Waals surface area (Å²) in [6.07, 6.45) is -1.89. The fraction of sp³-hybridized carbons (Fsp3) is 0.600. The molecule has 0 spiro atoms. The van der Waals surface area contributed by atoms with Gasteiger partial charge < -0.3 is 20.7 Å². The summed E-state index contributed by atoms with van der Waals surface area (Å²) in [5.41, 5.74) is 5.20. The molecule has 0 saturated heterocycles. The molecule has 0 radical (unpaired) electrons. The second-order valence-electron chi connectivity index (χ2n) is 3.67. The van der Waals surface area contributed by atoms with Crippen LogP contribution in [0.2, 0.25) is 0 Å². The lowest BCUT2D eigenvalue weighted by atomic mass is 10.1. The van der Waals surface area contributed by atoms with Crippen LogP contribution < -0.4 is 5.73 Å². The first kappa shape index (κ1) is 16.0. The molecule has 102 valence electrons. The highest BCUT2D eigenvalue weighted by atomic mass is 16.6. The minimum absolute atomic E-state index is 0.00562. The quantitative estimate of drug-likeness (QED) is 0.378. The lowest BCUT2D eigenvalue weighted by molar-refractivity contribution is -0.165. The second kappa shape index (κ2) is 7.38. The average molecular weight is 261 g/mol. The number of ketones is 1. The van der Waals surface area contributed by atoms with Gasteiger partial charge in [0, 0.05) is 6.42 Å². The van der Waals surface area contributed by atoms with E-state index in [-0.39, 0.29) is 19.3 Å². The molecule has 0 aliphatic rings. The van der Waals surface area contributed by atoms with Gasteiger partial charge in [-0.15, -0.1) is 0 Å². The molecule has 0 aromatic carbocycles. The molecule has 0 aliphatic heterocycles. The SMILES string of the molecule is C[C@@H](N)C(=O)O[C@@H](CCCC(=O)C(=O)O)C(=O)O. The van der Waals surface area contributed by atoms with Crippen LogP contribution in [-0.4, -0.2) is 46.1 Å². The number of rotatable bonds is 8. The number of carbonyl (C=O) groups is 4. The largest absolute Gasteiger partial charge is 0.479 e. The zero-order chi connectivity index (χ0) is 14.3. The molecule has 18 heavy (non-hydrogen) atoms. The van der Waals surface area contributed by atoms with Gasteiger partial charge in [0.05, 0.1) is 0 Å². The second-order valence-corrected chi connectivity index (χ2v) is 3.67. The summed E-state index contributed by atoms with van der Waals surface area (Å²) >= 11 is 0. The highest BCUT2D eigenvalue weighted by Crippen LogP contribution is 2.07. The van der Waals surface area contributed by atoms with Crippen molar-refractivity contribution < 1.29 is 34.1 Å². The maximum absolute atomic E-state index is 11.1. The normalized spacial score (nSPS) is 13.4. The number of aliphatic carboxylic acids is 2. The number of carboxylic acids is 2. The zero-order valence-electron chi connectivity index (χ0n) is 9.79. The lowest BCUT2D eigenvalue weighted by Gasteiger charge is -2.14. The summed E-state index contributed by atoms with van der Waals surface area (Å²) < 4.78 is 4.59. The third kappa shape index (κ3) is 5.94. The first-order valence-corrected chi connectivity index (χ1v) is 5.20. The maximum atomic E-state index is 11.1. The first-order chi connectivity index (χ1) is 8.25. The van der Waals surface area contributed by atoms with Gasteiger partial charge in [0.2, 0.25) is 5.78 Å². The van der Waals surface area contributed by atoms with Crippen molar-refractivity contribution in [3.8, 4) is 0 Å². The van der Waals surface area contributed by atoms with Crippen molar-refractivity contribution in [2.75, 3.05) is 0 Å². The van der Waals surface area contributed by atoms with E-state index in [2.05, 4.69) is 4.74 Å². The molecule has 8 heteroatoms. The standard InChI is InChI=1S/C10H15NO7/c1-5(11)10(17)18-7(9(15)16)4-2-3-6(12)8(13)14/h5,7H,2-4,11H2,1H3,(H,13,14)(H,15,16)/t5-,7+/m1/s1. The molecule has 0 fully saturated rings. The molecule has 2 atom stereocenters. The number of carboxylic acid groups (broad SMARTS) is 2. The van der Waals surface area contributed by atoms with Crippen molar-refractivity contribution >= 4 is 23.7 Å². The predicted octanol–water partition coefficient (Wildman–Crippen LogP) is -0.846. The molecule has 0 heterocycles. The molecule has 0 aromatic rings. The monoisotopic (exact) mass is 261 g/mol. The molecule has 0 unspecified atom stereocenters. The van der Waals surface area contributed by atoms with Gasteiger partial charge in [-0.05, 0) is 19.8 Å². The van der Waals surface area contributed by atoms with E-state index >= 15 is 0 Å². The molecule has 0 aromatic heterocycles. The summed E-state index contributed by atoms with van der Waals surface area (Å²) in [4.78, 5) is 42.8. The van der Waals surface area contributed by atoms with Gasteiger partial charge in [0.15, 0.2) is 6.10 Å². The summed E-state index contributed by atoms with van der Waals surface area (Å²) in [6, 6.07) is -0.951. The van der Waals surface area contributed by atoms with Crippen LogP contribution in [0.25, 0.3) is 0 Å². The van der Waals surface area contributed by atoms with Crippen LogP contribution in [-0.2, 0) is 23.9 Å². The molecule has 0 bridgehead atoms. The lowest BCUT2D eigenvalue weighted by Crippen LogP contribution is -2.35. The zero-order valence-corrected chi connectivity index (χ0v) is 9.79. The number of Topliss-reactive ketones (excluding diaryl/α,β-unsaturated/α-hetero) is 1. The number of nitrogens with two attached hydrogens (primary N) is 1. The fourth-order valence-electron chi connectivity index (χ4n) is 1.04. The van der Waals surface area contributed by atoms with Crippen LogP contribution in [0, 0.1) is 0 Å². The molecule has 0 aliphatic carbocycles. The van der Waals surface area contributed by atoms with Crippen LogP contribution in [0.1, 0.15) is 26.2 Å². The van der Waals surface area contributed by atoms with Gasteiger partial charge in [-0.3, -0.25) is 9.59 Å². The van der Waals surface area contributed by atoms with Crippen molar-refractivity contribution in [3.63, 3.8) is 0 Å². The van der Waals surface area contributed by atoms with Crippen LogP contribution in [0.5, 0.6) is 0 Å². The molecule has 4 N–H and O–H groups in total. The van der Waals surface area contributed by atoms with E-state index in [4.69, 9.17) is 15.9 Å². The van der Waals surface area contributed by atoms with Gasteiger partial charge in [0.1, 0.15) is 6.04 Å². The molecule has 0 amide bonds. The van der Waals surface area contributed by atoms with E-state index < -0.39 is 35.8 Å². The Hall–Kier alpha value is -1.96. The Morgan fingerprint density at radius 1 is 1.22 bits per heavy atom. The molecule has 0 rings (SSSR count). The number of esters is 1. The Morgan fingerprint density at radius 2 is 1.78 bits per heavy atom. The number of carbonyl (C=O) groups excluding carboxylic acids is 2. The van der Waals surface area contributed by atoms with Gasteiger partial charge >= 0.3 is 17.9 Å². The van der Waals surface area contributed by atoms with Crippen molar-refractivity contribution in [1.82, 2.24) is 0 Å². The van der Waals surface area contributed by atoms with Crippen molar-refractivity contribution in [3.05, 3.63) is 0 Å². The van der Waals surface area contributed by atoms with Crippen LogP contribution >= 0.6 is 0 Å². The summed E-state index contributed by atoms with van der Waals surface area (Å²) in [5, 5.41) is 17.1. The molecule has 0 saturated carbocycles. The van der Waals surface area contributed by atoms with Gasteiger partial charge in [-0.1, -0.05) is 0 Å². The topological polar surface area (TPSA) is 144 Å². The van der Waals surface area contributed by atoms with E-state index in [0.717, 1.165) is 0 Å². The minimum atomic E-state index is -1.57. The maximum Gasteiger partial charge on any atom is 0.372 e. The van der Waals surface area contributed by atoms with Crippen molar-refractivity contribution in [2.24, 2.45) is 5.73 Å². The Bertz CT molecular complexity index is 350. The average Bonchev–Trinajstić information content (AvgIpc) is 2.26. The van der Waals surface area contributed by atoms with Crippen molar-refractivity contribution in [2.45, 2.75) is 38.3 Å². The first-order valence-electron chi connectivity index (χ1n) is 5.20. The summed E-state index contributed by atoms with van der Waals surface area (Å²) in [6.45, 7) is 1.34. The van der Waals surface area contributed by atoms with Crippen molar-refractivity contribution in [1.29, 1.82) is 0 Å². The van der Waals surface area contributed by atoms with Gasteiger partial charge in [-0.2, -0.15) is 0 Å². The molecule has 8 nitrogen and oxygen atoms in total. The van der Waals surface area contributed by atoms with Crippen LogP contribution in [0.4, 0.5) is 0 Å².